The van der Waals surface area contributed by atoms with Crippen LogP contribution in [0.15, 0.2) is 36.4 Å². The molecule has 184 valence electrons. The smallest absolute Gasteiger partial charge is 0.305 e. The molecule has 1 amide bonds. The molecule has 0 radical (unpaired) electrons. The van der Waals surface area contributed by atoms with Crippen molar-refractivity contribution in [1.82, 2.24) is 14.9 Å². The molecular weight excluding hydrogens is 559 g/mol. The number of nitrogens with one attached hydrogen (secondary N) is 1. The number of methoxy groups -OCH3 is 1. The lowest BCUT2D eigenvalue weighted by molar-refractivity contribution is -0.138. The molecule has 14 heteroatoms. The Kier molecular flexibility index (Phi) is 7.82. The summed E-state index contributed by atoms with van der Waals surface area (Å²) in [5.41, 5.74) is 0.746. The summed E-state index contributed by atoms with van der Waals surface area (Å²) in [5, 5.41) is 16.9. The maximum absolute atomic E-state index is 13.4. The SMILES string of the molecule is COc1ccc(C2SC(CC(=O)O)C(=O)N2n2c(COc3c(Cl)cc(Cl)cc3Cl)n[nH]c2=S)cc1. The van der Waals surface area contributed by atoms with E-state index in [0.717, 1.165) is 5.56 Å². The standard InChI is InChI=1S/C21H17Cl3N4O5S2/c1-32-12-4-2-10(3-5-12)20-28(19(31)15(35-20)8-17(29)30)27-16(25-26-21(27)34)9-33-18-13(23)6-11(22)7-14(18)24/h2-7,15,20H,8-9H2,1H3,(H,26,34)(H,29,30). The molecule has 1 aromatic heterocycles. The molecule has 4 rings (SSSR count). The van der Waals surface area contributed by atoms with Crippen molar-refractivity contribution in [3.05, 3.63) is 67.6 Å². The van der Waals surface area contributed by atoms with Crippen LogP contribution < -0.4 is 14.5 Å². The third-order valence-electron chi connectivity index (χ3n) is 5.02. The van der Waals surface area contributed by atoms with Gasteiger partial charge in [-0.15, -0.1) is 11.8 Å². The number of hydrogen-bond donors (Lipinski definition) is 2. The van der Waals surface area contributed by atoms with E-state index in [0.29, 0.717) is 10.8 Å². The first-order valence-corrected chi connectivity index (χ1v) is 12.5. The van der Waals surface area contributed by atoms with Gasteiger partial charge in [-0.25, -0.2) is 9.69 Å². The lowest BCUT2D eigenvalue weighted by Gasteiger charge is -2.26. The summed E-state index contributed by atoms with van der Waals surface area (Å²) in [6.07, 6.45) is -0.348. The van der Waals surface area contributed by atoms with Gasteiger partial charge in [0.1, 0.15) is 17.7 Å². The fourth-order valence-corrected chi connectivity index (χ4v) is 6.03. The minimum atomic E-state index is -1.09. The van der Waals surface area contributed by atoms with E-state index in [2.05, 4.69) is 10.2 Å². The van der Waals surface area contributed by atoms with E-state index in [9.17, 15) is 14.7 Å². The first kappa shape index (κ1) is 25.6. The monoisotopic (exact) mass is 574 g/mol. The zero-order valence-corrected chi connectivity index (χ0v) is 21.8. The Labute approximate surface area is 223 Å². The Balaban J connectivity index is 1.70. The number of aromatic amines is 1. The van der Waals surface area contributed by atoms with Gasteiger partial charge in [0.15, 0.2) is 11.6 Å². The normalized spacial score (nSPS) is 17.6. The molecule has 1 saturated heterocycles. The third-order valence-corrected chi connectivity index (χ3v) is 7.49. The van der Waals surface area contributed by atoms with Crippen LogP contribution in [-0.2, 0) is 16.2 Å². The molecule has 2 atom stereocenters. The van der Waals surface area contributed by atoms with Crippen LogP contribution >= 0.6 is 58.8 Å². The van der Waals surface area contributed by atoms with Crippen molar-refractivity contribution in [2.75, 3.05) is 12.1 Å². The van der Waals surface area contributed by atoms with Gasteiger partial charge >= 0.3 is 5.97 Å². The molecule has 1 fully saturated rings. The molecule has 9 nitrogen and oxygen atoms in total. The van der Waals surface area contributed by atoms with Crippen LogP contribution in [0, 0.1) is 4.77 Å². The molecule has 1 aliphatic heterocycles. The fourth-order valence-electron chi connectivity index (χ4n) is 3.46. The molecule has 2 N–H and O–H groups in total. The van der Waals surface area contributed by atoms with Gasteiger partial charge in [0, 0.05) is 5.02 Å². The molecule has 3 aromatic rings. The van der Waals surface area contributed by atoms with Crippen molar-refractivity contribution >= 4 is 70.7 Å². The van der Waals surface area contributed by atoms with E-state index >= 15 is 0 Å². The number of carboxylic acids is 1. The van der Waals surface area contributed by atoms with Crippen LogP contribution in [0.4, 0.5) is 0 Å². The van der Waals surface area contributed by atoms with E-state index < -0.39 is 22.5 Å². The predicted octanol–water partition coefficient (Wildman–Crippen LogP) is 5.24. The molecular formula is C21H17Cl3N4O5S2. The minimum Gasteiger partial charge on any atom is -0.497 e. The number of carboxylic acid groups (broad SMARTS) is 1. The van der Waals surface area contributed by atoms with Gasteiger partial charge in [0.25, 0.3) is 5.91 Å². The van der Waals surface area contributed by atoms with Crippen LogP contribution in [0.3, 0.4) is 0 Å². The van der Waals surface area contributed by atoms with Crippen molar-refractivity contribution in [2.24, 2.45) is 0 Å². The maximum Gasteiger partial charge on any atom is 0.305 e. The summed E-state index contributed by atoms with van der Waals surface area (Å²) in [4.78, 5) is 24.8. The molecule has 2 unspecified atom stereocenters. The lowest BCUT2D eigenvalue weighted by Crippen LogP contribution is -2.42. The number of amides is 1. The van der Waals surface area contributed by atoms with Crippen molar-refractivity contribution in [3.63, 3.8) is 0 Å². The van der Waals surface area contributed by atoms with Gasteiger partial charge in [-0.2, -0.15) is 5.10 Å². The number of aliphatic carboxylic acids is 1. The number of aromatic nitrogens is 3. The van der Waals surface area contributed by atoms with E-state index in [1.807, 2.05) is 0 Å². The van der Waals surface area contributed by atoms with Crippen molar-refractivity contribution in [2.45, 2.75) is 23.7 Å². The van der Waals surface area contributed by atoms with Crippen molar-refractivity contribution in [1.29, 1.82) is 0 Å². The van der Waals surface area contributed by atoms with E-state index in [4.69, 9.17) is 56.5 Å². The number of nitrogens with zero attached hydrogens (tertiary/aromatic N) is 3. The highest BCUT2D eigenvalue weighted by molar-refractivity contribution is 8.01. The summed E-state index contributed by atoms with van der Waals surface area (Å²) in [6, 6.07) is 10.1. The topological polar surface area (TPSA) is 110 Å². The summed E-state index contributed by atoms with van der Waals surface area (Å²) in [6.45, 7) is -0.151. The van der Waals surface area contributed by atoms with Gasteiger partial charge in [-0.05, 0) is 42.0 Å². The van der Waals surface area contributed by atoms with Crippen LogP contribution in [0.25, 0.3) is 0 Å². The summed E-state index contributed by atoms with van der Waals surface area (Å²) >= 11 is 25.0. The second kappa shape index (κ2) is 10.7. The lowest BCUT2D eigenvalue weighted by atomic mass is 10.2. The van der Waals surface area contributed by atoms with Gasteiger partial charge in [-0.3, -0.25) is 14.7 Å². The van der Waals surface area contributed by atoms with Crippen LogP contribution in [0.2, 0.25) is 15.1 Å². The van der Waals surface area contributed by atoms with Crippen LogP contribution in [-0.4, -0.2) is 44.2 Å². The van der Waals surface area contributed by atoms with Gasteiger partial charge in [-0.1, -0.05) is 46.9 Å². The highest BCUT2D eigenvalue weighted by atomic mass is 35.5. The average molecular weight is 576 g/mol. The number of ether oxygens (including phenoxy) is 2. The van der Waals surface area contributed by atoms with E-state index in [1.54, 1.807) is 31.4 Å². The number of H-pyrrole nitrogens is 1. The van der Waals surface area contributed by atoms with Crippen molar-refractivity contribution in [3.8, 4) is 11.5 Å². The first-order valence-electron chi connectivity index (χ1n) is 9.97. The summed E-state index contributed by atoms with van der Waals surface area (Å²) in [7, 11) is 1.55. The molecule has 0 saturated carbocycles. The van der Waals surface area contributed by atoms with E-state index in [1.165, 1.54) is 33.6 Å². The number of carbonyl (C=O) groups is 2. The third kappa shape index (κ3) is 5.39. The van der Waals surface area contributed by atoms with Gasteiger partial charge in [0.2, 0.25) is 4.77 Å². The van der Waals surface area contributed by atoms with Gasteiger partial charge in [0.05, 0.1) is 28.8 Å². The number of benzene rings is 2. The number of rotatable bonds is 8. The Morgan fingerprint density at radius 1 is 1.23 bits per heavy atom. The van der Waals surface area contributed by atoms with Crippen LogP contribution in [0.5, 0.6) is 11.5 Å². The molecule has 0 spiro atoms. The summed E-state index contributed by atoms with van der Waals surface area (Å²) < 4.78 is 12.5. The first-order chi connectivity index (χ1) is 16.7. The maximum atomic E-state index is 13.4. The number of hydrogen-bond acceptors (Lipinski definition) is 7. The summed E-state index contributed by atoms with van der Waals surface area (Å²) in [5.74, 6) is -0.434. The Bertz CT molecular complexity index is 1310. The highest BCUT2D eigenvalue weighted by Gasteiger charge is 2.44. The minimum absolute atomic E-state index is 0.125. The fraction of sp³-hybridized carbons (Fsp3) is 0.238. The highest BCUT2D eigenvalue weighted by Crippen LogP contribution is 2.44. The molecule has 0 bridgehead atoms. The van der Waals surface area contributed by atoms with E-state index in [-0.39, 0.29) is 39.4 Å². The quantitative estimate of drug-likeness (QED) is 0.351. The second-order valence-electron chi connectivity index (χ2n) is 7.27. The number of thioether (sulfide) groups is 1. The number of carbonyl (C=O) groups excluding carboxylic acids is 1. The molecule has 1 aliphatic rings. The molecule has 35 heavy (non-hydrogen) atoms. The molecule has 2 heterocycles. The largest absolute Gasteiger partial charge is 0.497 e. The average Bonchev–Trinajstić information content (AvgIpc) is 3.31. The Morgan fingerprint density at radius 2 is 1.89 bits per heavy atom. The van der Waals surface area contributed by atoms with Gasteiger partial charge < -0.3 is 14.6 Å². The predicted molar refractivity (Wildman–Crippen MR) is 136 cm³/mol. The zero-order chi connectivity index (χ0) is 25.3. The Hall–Kier alpha value is -2.44. The molecule has 2 aromatic carbocycles. The Morgan fingerprint density at radius 3 is 2.49 bits per heavy atom. The van der Waals surface area contributed by atoms with Crippen LogP contribution in [0.1, 0.15) is 23.2 Å². The second-order valence-corrected chi connectivity index (χ2v) is 10.2. The molecule has 0 aliphatic carbocycles. The zero-order valence-electron chi connectivity index (χ0n) is 17.9. The number of halogens is 3. The van der Waals surface area contributed by atoms with Crippen molar-refractivity contribution < 1.29 is 24.2 Å².